The molecule has 0 fully saturated rings. The molecule has 0 saturated carbocycles. The summed E-state index contributed by atoms with van der Waals surface area (Å²) in [4.78, 5) is 0. The number of hydrogen-bond donors (Lipinski definition) is 1. The van der Waals surface area contributed by atoms with Crippen LogP contribution < -0.4 is 5.32 Å². The molecule has 0 heterocycles. The summed E-state index contributed by atoms with van der Waals surface area (Å²) in [6.07, 6.45) is 0.196. The van der Waals surface area contributed by atoms with E-state index in [9.17, 15) is 0 Å². The molecule has 0 aliphatic heterocycles. The van der Waals surface area contributed by atoms with Crippen molar-refractivity contribution < 1.29 is 4.74 Å². The van der Waals surface area contributed by atoms with E-state index in [1.54, 1.807) is 7.11 Å². The molecule has 0 saturated heterocycles. The second-order valence-corrected chi connectivity index (χ2v) is 5.13. The van der Waals surface area contributed by atoms with Crippen LogP contribution in [0.4, 0.5) is 0 Å². The molecule has 96 valence electrons. The summed E-state index contributed by atoms with van der Waals surface area (Å²) in [7, 11) is 3.79. The lowest BCUT2D eigenvalue weighted by atomic mass is 9.92. The molecule has 2 nitrogen and oxygen atoms in total. The predicted octanol–water partition coefficient (Wildman–Crippen LogP) is 3.23. The quantitative estimate of drug-likeness (QED) is 0.846. The van der Waals surface area contributed by atoms with Crippen LogP contribution in [0.2, 0.25) is 0 Å². The number of ether oxygens (including phenoxy) is 1. The van der Waals surface area contributed by atoms with Gasteiger partial charge in [0.15, 0.2) is 0 Å². The van der Waals surface area contributed by atoms with Crippen molar-refractivity contribution in [3.05, 3.63) is 34.9 Å². The SMILES string of the molecule is CNC(c1cc(C)cc(C)c1)C(OC)C(C)C. The third-order valence-electron chi connectivity index (χ3n) is 3.17. The molecule has 0 aliphatic carbocycles. The summed E-state index contributed by atoms with van der Waals surface area (Å²) < 4.78 is 5.64. The van der Waals surface area contributed by atoms with Crippen LogP contribution in [-0.4, -0.2) is 20.3 Å². The molecule has 0 bridgehead atoms. The normalized spacial score (nSPS) is 15.0. The van der Waals surface area contributed by atoms with Crippen molar-refractivity contribution in [3.63, 3.8) is 0 Å². The van der Waals surface area contributed by atoms with Gasteiger partial charge in [-0.2, -0.15) is 0 Å². The summed E-state index contributed by atoms with van der Waals surface area (Å²) >= 11 is 0. The Morgan fingerprint density at radius 3 is 1.94 bits per heavy atom. The molecule has 1 aromatic carbocycles. The van der Waals surface area contributed by atoms with Gasteiger partial charge in [-0.3, -0.25) is 0 Å². The highest BCUT2D eigenvalue weighted by Gasteiger charge is 2.24. The highest BCUT2D eigenvalue weighted by Crippen LogP contribution is 2.25. The molecule has 0 aromatic heterocycles. The van der Waals surface area contributed by atoms with E-state index >= 15 is 0 Å². The topological polar surface area (TPSA) is 21.3 Å². The van der Waals surface area contributed by atoms with Crippen LogP contribution >= 0.6 is 0 Å². The summed E-state index contributed by atoms with van der Waals surface area (Å²) in [6.45, 7) is 8.67. The van der Waals surface area contributed by atoms with Gasteiger partial charge in [0.25, 0.3) is 0 Å². The average molecular weight is 235 g/mol. The Bertz CT molecular complexity index is 340. The molecule has 2 heteroatoms. The highest BCUT2D eigenvalue weighted by molar-refractivity contribution is 5.31. The van der Waals surface area contributed by atoms with Gasteiger partial charge >= 0.3 is 0 Å². The van der Waals surface area contributed by atoms with Gasteiger partial charge in [0.2, 0.25) is 0 Å². The Morgan fingerprint density at radius 1 is 1.06 bits per heavy atom. The summed E-state index contributed by atoms with van der Waals surface area (Å²) in [5, 5.41) is 3.38. The predicted molar refractivity (Wildman–Crippen MR) is 73.4 cm³/mol. The zero-order valence-corrected chi connectivity index (χ0v) is 11.9. The number of methoxy groups -OCH3 is 1. The van der Waals surface area contributed by atoms with E-state index in [0.717, 1.165) is 0 Å². The number of likely N-dealkylation sites (N-methyl/N-ethyl adjacent to an activating group) is 1. The van der Waals surface area contributed by atoms with Crippen LogP contribution in [0.3, 0.4) is 0 Å². The third kappa shape index (κ3) is 3.55. The first-order chi connectivity index (χ1) is 7.99. The van der Waals surface area contributed by atoms with E-state index in [0.29, 0.717) is 5.92 Å². The largest absolute Gasteiger partial charge is 0.379 e. The highest BCUT2D eigenvalue weighted by atomic mass is 16.5. The zero-order valence-electron chi connectivity index (χ0n) is 11.9. The van der Waals surface area contributed by atoms with Gasteiger partial charge in [-0.25, -0.2) is 0 Å². The van der Waals surface area contributed by atoms with E-state index in [1.165, 1.54) is 16.7 Å². The van der Waals surface area contributed by atoms with E-state index in [1.807, 2.05) is 7.05 Å². The maximum absolute atomic E-state index is 5.64. The van der Waals surface area contributed by atoms with Crippen molar-refractivity contribution in [2.24, 2.45) is 5.92 Å². The molecule has 17 heavy (non-hydrogen) atoms. The lowest BCUT2D eigenvalue weighted by Gasteiger charge is -2.29. The van der Waals surface area contributed by atoms with Crippen molar-refractivity contribution in [2.75, 3.05) is 14.2 Å². The van der Waals surface area contributed by atoms with Crippen LogP contribution in [0.5, 0.6) is 0 Å². The molecule has 2 atom stereocenters. The van der Waals surface area contributed by atoms with Crippen molar-refractivity contribution >= 4 is 0 Å². The van der Waals surface area contributed by atoms with Crippen molar-refractivity contribution in [3.8, 4) is 0 Å². The van der Waals surface area contributed by atoms with Gasteiger partial charge < -0.3 is 10.1 Å². The number of benzene rings is 1. The summed E-state index contributed by atoms with van der Waals surface area (Å²) in [5.74, 6) is 0.485. The fraction of sp³-hybridized carbons (Fsp3) is 0.600. The first kappa shape index (κ1) is 14.2. The molecular weight excluding hydrogens is 210 g/mol. The van der Waals surface area contributed by atoms with E-state index in [2.05, 4.69) is 51.2 Å². The first-order valence-electron chi connectivity index (χ1n) is 6.27. The van der Waals surface area contributed by atoms with Gasteiger partial charge in [-0.1, -0.05) is 43.2 Å². The third-order valence-corrected chi connectivity index (χ3v) is 3.17. The Labute approximate surface area is 105 Å². The molecule has 0 radical (unpaired) electrons. The number of aryl methyl sites for hydroxylation is 2. The minimum absolute atomic E-state index is 0.196. The molecule has 1 N–H and O–H groups in total. The average Bonchev–Trinajstić information content (AvgIpc) is 2.23. The summed E-state index contributed by atoms with van der Waals surface area (Å²) in [5.41, 5.74) is 3.92. The lowest BCUT2D eigenvalue weighted by Crippen LogP contribution is -2.34. The molecule has 0 aliphatic rings. The van der Waals surface area contributed by atoms with Crippen molar-refractivity contribution in [1.29, 1.82) is 0 Å². The van der Waals surface area contributed by atoms with Crippen molar-refractivity contribution in [1.82, 2.24) is 5.32 Å². The van der Waals surface area contributed by atoms with Crippen molar-refractivity contribution in [2.45, 2.75) is 39.8 Å². The Morgan fingerprint density at radius 2 is 1.59 bits per heavy atom. The monoisotopic (exact) mass is 235 g/mol. The maximum Gasteiger partial charge on any atom is 0.0788 e. The van der Waals surface area contributed by atoms with Crippen LogP contribution in [-0.2, 0) is 4.74 Å². The second kappa shape index (κ2) is 6.18. The van der Waals surface area contributed by atoms with Crippen LogP contribution in [0, 0.1) is 19.8 Å². The Balaban J connectivity index is 3.07. The minimum Gasteiger partial charge on any atom is -0.379 e. The van der Waals surface area contributed by atoms with Gasteiger partial charge in [0, 0.05) is 7.11 Å². The van der Waals surface area contributed by atoms with Gasteiger partial charge in [0.1, 0.15) is 0 Å². The van der Waals surface area contributed by atoms with Gasteiger partial charge in [-0.15, -0.1) is 0 Å². The Kier molecular flexibility index (Phi) is 5.16. The molecular formula is C15H25NO. The lowest BCUT2D eigenvalue weighted by molar-refractivity contribution is 0.0348. The van der Waals surface area contributed by atoms with E-state index in [-0.39, 0.29) is 12.1 Å². The summed E-state index contributed by atoms with van der Waals surface area (Å²) in [6, 6.07) is 6.93. The molecule has 0 spiro atoms. The second-order valence-electron chi connectivity index (χ2n) is 5.13. The Hall–Kier alpha value is -0.860. The number of hydrogen-bond acceptors (Lipinski definition) is 2. The number of nitrogens with one attached hydrogen (secondary N) is 1. The molecule has 1 rings (SSSR count). The molecule has 1 aromatic rings. The van der Waals surface area contributed by atoms with Crippen LogP contribution in [0.1, 0.15) is 36.6 Å². The van der Waals surface area contributed by atoms with Gasteiger partial charge in [-0.05, 0) is 32.4 Å². The van der Waals surface area contributed by atoms with E-state index < -0.39 is 0 Å². The molecule has 0 amide bonds. The number of rotatable bonds is 5. The molecule has 2 unspecified atom stereocenters. The van der Waals surface area contributed by atoms with Crippen LogP contribution in [0.15, 0.2) is 18.2 Å². The van der Waals surface area contributed by atoms with Gasteiger partial charge in [0.05, 0.1) is 12.1 Å². The minimum atomic E-state index is 0.196. The zero-order chi connectivity index (χ0) is 13.0. The fourth-order valence-corrected chi connectivity index (χ4v) is 2.50. The fourth-order valence-electron chi connectivity index (χ4n) is 2.50. The smallest absolute Gasteiger partial charge is 0.0788 e. The van der Waals surface area contributed by atoms with E-state index in [4.69, 9.17) is 4.74 Å². The maximum atomic E-state index is 5.64. The first-order valence-corrected chi connectivity index (χ1v) is 6.27. The standard InChI is InChI=1S/C15H25NO/c1-10(2)15(17-6)14(16-5)13-8-11(3)7-12(4)9-13/h7-10,14-16H,1-6H3. The van der Waals surface area contributed by atoms with Crippen LogP contribution in [0.25, 0.3) is 0 Å².